The van der Waals surface area contributed by atoms with Crippen LogP contribution in [-0.4, -0.2) is 39.8 Å². The molecule has 0 aromatic rings. The molecule has 1 fully saturated rings. The van der Waals surface area contributed by atoms with Gasteiger partial charge in [-0.15, -0.1) is 11.6 Å². The maximum absolute atomic E-state index is 11.9. The normalized spacial score (nSPS) is 22.5. The Hall–Kier alpha value is -0.770. The van der Waals surface area contributed by atoms with Crippen LogP contribution in [0.25, 0.3) is 0 Å². The van der Waals surface area contributed by atoms with Gasteiger partial charge in [-0.05, 0) is 25.2 Å². The molecule has 0 radical (unpaired) electrons. The Bertz CT molecular complexity index is 280. The van der Waals surface area contributed by atoms with Gasteiger partial charge < -0.3 is 10.0 Å². The van der Waals surface area contributed by atoms with Crippen LogP contribution in [0.15, 0.2) is 0 Å². The number of halogens is 1. The molecule has 1 heterocycles. The number of carboxylic acids is 1. The third-order valence-corrected chi connectivity index (χ3v) is 3.13. The second-order valence-corrected chi connectivity index (χ2v) is 5.15. The summed E-state index contributed by atoms with van der Waals surface area (Å²) in [5.41, 5.74) is 0. The molecule has 0 saturated carbocycles. The molecular weight excluding hydrogens is 230 g/mol. The minimum Gasteiger partial charge on any atom is -0.480 e. The predicted molar refractivity (Wildman–Crippen MR) is 61.5 cm³/mol. The second kappa shape index (κ2) is 5.53. The van der Waals surface area contributed by atoms with E-state index in [2.05, 4.69) is 0 Å². The van der Waals surface area contributed by atoms with E-state index < -0.39 is 17.4 Å². The largest absolute Gasteiger partial charge is 0.480 e. The van der Waals surface area contributed by atoms with Gasteiger partial charge in [0, 0.05) is 6.54 Å². The summed E-state index contributed by atoms with van der Waals surface area (Å²) in [6, 6.07) is -0.680. The van der Waals surface area contributed by atoms with Crippen LogP contribution in [0, 0.1) is 5.92 Å². The number of aliphatic carboxylic acids is 1. The minimum atomic E-state index is -0.931. The maximum Gasteiger partial charge on any atom is 0.326 e. The van der Waals surface area contributed by atoms with Crippen molar-refractivity contribution < 1.29 is 14.7 Å². The molecule has 92 valence electrons. The summed E-state index contributed by atoms with van der Waals surface area (Å²) < 4.78 is 0. The lowest BCUT2D eigenvalue weighted by atomic mass is 10.1. The summed E-state index contributed by atoms with van der Waals surface area (Å²) in [4.78, 5) is 24.3. The van der Waals surface area contributed by atoms with E-state index in [1.165, 1.54) is 4.90 Å². The zero-order valence-corrected chi connectivity index (χ0v) is 10.4. The quantitative estimate of drug-likeness (QED) is 0.770. The van der Waals surface area contributed by atoms with Crippen LogP contribution in [0.1, 0.15) is 33.1 Å². The number of carbonyl (C=O) groups excluding carboxylic acids is 1. The predicted octanol–water partition coefficient (Wildman–Crippen LogP) is 1.72. The van der Waals surface area contributed by atoms with Gasteiger partial charge in [0.1, 0.15) is 11.4 Å². The summed E-state index contributed by atoms with van der Waals surface area (Å²) >= 11 is 5.99. The summed E-state index contributed by atoms with van der Waals surface area (Å²) in [5, 5.41) is 8.36. The summed E-state index contributed by atoms with van der Waals surface area (Å²) in [6.45, 7) is 4.49. The zero-order chi connectivity index (χ0) is 12.3. The highest BCUT2D eigenvalue weighted by Crippen LogP contribution is 2.22. The van der Waals surface area contributed by atoms with E-state index in [4.69, 9.17) is 16.7 Å². The third-order valence-electron chi connectivity index (χ3n) is 2.77. The van der Waals surface area contributed by atoms with Crippen molar-refractivity contribution in [3.8, 4) is 0 Å². The number of nitrogens with zero attached hydrogens (tertiary/aromatic N) is 1. The Balaban J connectivity index is 2.62. The molecule has 1 amide bonds. The Morgan fingerprint density at radius 2 is 2.12 bits per heavy atom. The average molecular weight is 248 g/mol. The van der Waals surface area contributed by atoms with E-state index in [9.17, 15) is 9.59 Å². The fourth-order valence-corrected chi connectivity index (χ4v) is 2.46. The van der Waals surface area contributed by atoms with E-state index in [0.717, 1.165) is 6.42 Å². The lowest BCUT2D eigenvalue weighted by Crippen LogP contribution is -2.44. The molecule has 0 aliphatic carbocycles. The second-order valence-electron chi connectivity index (χ2n) is 4.62. The first kappa shape index (κ1) is 13.3. The number of likely N-dealkylation sites (tertiary alicyclic amines) is 1. The Morgan fingerprint density at radius 3 is 2.62 bits per heavy atom. The molecule has 16 heavy (non-hydrogen) atoms. The van der Waals surface area contributed by atoms with Crippen molar-refractivity contribution >= 4 is 23.5 Å². The first-order valence-corrected chi connectivity index (χ1v) is 6.04. The van der Waals surface area contributed by atoms with E-state index in [-0.39, 0.29) is 5.91 Å². The average Bonchev–Trinajstić information content (AvgIpc) is 2.63. The van der Waals surface area contributed by atoms with Gasteiger partial charge in [0.05, 0.1) is 0 Å². The van der Waals surface area contributed by atoms with Gasteiger partial charge in [0.25, 0.3) is 0 Å². The SMILES string of the molecule is CC(C)CC(Cl)C(=O)N1CCCC1C(=O)O. The van der Waals surface area contributed by atoms with Crippen molar-refractivity contribution in [1.29, 1.82) is 0 Å². The Labute approximate surface area is 101 Å². The van der Waals surface area contributed by atoms with Crippen LogP contribution in [0.5, 0.6) is 0 Å². The molecule has 1 saturated heterocycles. The van der Waals surface area contributed by atoms with Gasteiger partial charge in [-0.3, -0.25) is 4.79 Å². The molecule has 2 unspecified atom stereocenters. The van der Waals surface area contributed by atoms with Crippen LogP contribution >= 0.6 is 11.6 Å². The lowest BCUT2D eigenvalue weighted by molar-refractivity contribution is -0.148. The maximum atomic E-state index is 11.9. The molecule has 1 aliphatic heterocycles. The highest BCUT2D eigenvalue weighted by atomic mass is 35.5. The third kappa shape index (κ3) is 3.11. The molecule has 5 heteroatoms. The van der Waals surface area contributed by atoms with Crippen LogP contribution in [0.3, 0.4) is 0 Å². The van der Waals surface area contributed by atoms with Crippen LogP contribution in [0.4, 0.5) is 0 Å². The number of alkyl halides is 1. The standard InChI is InChI=1S/C11H18ClNO3/c1-7(2)6-8(12)10(14)13-5-3-4-9(13)11(15)16/h7-9H,3-6H2,1-2H3,(H,15,16). The first-order valence-electron chi connectivity index (χ1n) is 5.60. The zero-order valence-electron chi connectivity index (χ0n) is 9.65. The van der Waals surface area contributed by atoms with Crippen LogP contribution in [0.2, 0.25) is 0 Å². The number of rotatable bonds is 4. The minimum absolute atomic E-state index is 0.236. The van der Waals surface area contributed by atoms with Crippen LogP contribution < -0.4 is 0 Å². The van der Waals surface area contributed by atoms with Crippen molar-refractivity contribution in [2.75, 3.05) is 6.54 Å². The van der Waals surface area contributed by atoms with E-state index in [1.807, 2.05) is 13.8 Å². The number of hydrogen-bond donors (Lipinski definition) is 1. The molecule has 1 rings (SSSR count). The molecule has 2 atom stereocenters. The Morgan fingerprint density at radius 1 is 1.50 bits per heavy atom. The molecule has 0 aromatic carbocycles. The van der Waals surface area contributed by atoms with E-state index >= 15 is 0 Å². The van der Waals surface area contributed by atoms with Gasteiger partial charge in [-0.1, -0.05) is 13.8 Å². The van der Waals surface area contributed by atoms with Gasteiger partial charge in [0.15, 0.2) is 0 Å². The van der Waals surface area contributed by atoms with Crippen molar-refractivity contribution in [2.45, 2.75) is 44.5 Å². The number of carboxylic acid groups (broad SMARTS) is 1. The fraction of sp³-hybridized carbons (Fsp3) is 0.818. The summed E-state index contributed by atoms with van der Waals surface area (Å²) in [6.07, 6.45) is 1.86. The molecule has 1 N–H and O–H groups in total. The topological polar surface area (TPSA) is 57.6 Å². The van der Waals surface area contributed by atoms with Crippen molar-refractivity contribution in [3.63, 3.8) is 0 Å². The summed E-state index contributed by atoms with van der Waals surface area (Å²) in [7, 11) is 0. The molecular formula is C11H18ClNO3. The highest BCUT2D eigenvalue weighted by Gasteiger charge is 2.36. The van der Waals surface area contributed by atoms with E-state index in [1.54, 1.807) is 0 Å². The molecule has 4 nitrogen and oxygen atoms in total. The Kier molecular flexibility index (Phi) is 4.59. The van der Waals surface area contributed by atoms with Gasteiger partial charge in [-0.25, -0.2) is 4.79 Å². The van der Waals surface area contributed by atoms with Gasteiger partial charge in [-0.2, -0.15) is 0 Å². The van der Waals surface area contributed by atoms with Gasteiger partial charge in [0.2, 0.25) is 5.91 Å². The number of carbonyl (C=O) groups is 2. The molecule has 1 aliphatic rings. The fourth-order valence-electron chi connectivity index (χ4n) is 1.98. The molecule has 0 spiro atoms. The summed E-state index contributed by atoms with van der Waals surface area (Å²) in [5.74, 6) is -0.836. The first-order chi connectivity index (χ1) is 7.43. The van der Waals surface area contributed by atoms with Crippen LogP contribution in [-0.2, 0) is 9.59 Å². The van der Waals surface area contributed by atoms with E-state index in [0.29, 0.717) is 25.3 Å². The van der Waals surface area contributed by atoms with Crippen molar-refractivity contribution in [1.82, 2.24) is 4.90 Å². The lowest BCUT2D eigenvalue weighted by Gasteiger charge is -2.24. The molecule has 0 aromatic heterocycles. The number of amides is 1. The molecule has 0 bridgehead atoms. The number of hydrogen-bond acceptors (Lipinski definition) is 2. The van der Waals surface area contributed by atoms with Crippen molar-refractivity contribution in [3.05, 3.63) is 0 Å². The monoisotopic (exact) mass is 247 g/mol. The van der Waals surface area contributed by atoms with Crippen molar-refractivity contribution in [2.24, 2.45) is 5.92 Å². The highest BCUT2D eigenvalue weighted by molar-refractivity contribution is 6.30. The van der Waals surface area contributed by atoms with Gasteiger partial charge >= 0.3 is 5.97 Å². The smallest absolute Gasteiger partial charge is 0.326 e.